The fourth-order valence-corrected chi connectivity index (χ4v) is 3.63. The molecule has 0 bridgehead atoms. The average Bonchev–Trinajstić information content (AvgIpc) is 2.66. The van der Waals surface area contributed by atoms with Gasteiger partial charge in [0.25, 0.3) is 0 Å². The van der Waals surface area contributed by atoms with E-state index in [1.807, 2.05) is 37.3 Å². The number of pyridine rings is 1. The Labute approximate surface area is 160 Å². The second-order valence-electron chi connectivity index (χ2n) is 6.02. The van der Waals surface area contributed by atoms with Gasteiger partial charge >= 0.3 is 5.97 Å². The van der Waals surface area contributed by atoms with Gasteiger partial charge in [0.05, 0.1) is 16.2 Å². The van der Waals surface area contributed by atoms with Gasteiger partial charge in [0.2, 0.25) is 5.56 Å². The number of H-pyrrole nitrogens is 1. The summed E-state index contributed by atoms with van der Waals surface area (Å²) in [6.45, 7) is 1.97. The molecule has 3 rings (SSSR count). The van der Waals surface area contributed by atoms with E-state index in [0.29, 0.717) is 21.9 Å². The lowest BCUT2D eigenvalue weighted by Gasteiger charge is -2.10. The molecule has 27 heavy (non-hydrogen) atoms. The quantitative estimate of drug-likeness (QED) is 0.651. The lowest BCUT2D eigenvalue weighted by Crippen LogP contribution is -2.08. The van der Waals surface area contributed by atoms with Crippen molar-refractivity contribution in [2.75, 3.05) is 0 Å². The Bertz CT molecular complexity index is 1100. The molecule has 2 N–H and O–H groups in total. The molecule has 0 unspecified atom stereocenters. The number of benzene rings is 2. The predicted octanol–water partition coefficient (Wildman–Crippen LogP) is 4.21. The highest BCUT2D eigenvalue weighted by Crippen LogP contribution is 2.30. The van der Waals surface area contributed by atoms with E-state index in [1.54, 1.807) is 12.1 Å². The number of hydrogen-bond donors (Lipinski definition) is 2. The van der Waals surface area contributed by atoms with Crippen LogP contribution in [0, 0.1) is 18.3 Å². The van der Waals surface area contributed by atoms with Crippen molar-refractivity contribution in [3.8, 4) is 17.2 Å². The van der Waals surface area contributed by atoms with Gasteiger partial charge in [-0.15, -0.1) is 11.8 Å². The smallest absolute Gasteiger partial charge is 0.335 e. The number of hydrogen-bond acceptors (Lipinski definition) is 4. The van der Waals surface area contributed by atoms with Gasteiger partial charge in [-0.2, -0.15) is 5.26 Å². The summed E-state index contributed by atoms with van der Waals surface area (Å²) in [5.74, 6) is -0.558. The molecule has 0 amide bonds. The van der Waals surface area contributed by atoms with Crippen molar-refractivity contribution in [2.24, 2.45) is 0 Å². The molecule has 0 aliphatic heterocycles. The number of nitrogens with zero attached hydrogens (tertiary/aromatic N) is 1. The number of nitriles is 1. The molecule has 134 valence electrons. The van der Waals surface area contributed by atoms with Gasteiger partial charge in [-0.1, -0.05) is 42.0 Å². The van der Waals surface area contributed by atoms with Crippen molar-refractivity contribution >= 4 is 17.7 Å². The van der Waals surface area contributed by atoms with Gasteiger partial charge in [-0.25, -0.2) is 4.79 Å². The molecule has 0 aliphatic carbocycles. The SMILES string of the molecule is Cc1ccc(-c2cc(=O)[nH]c(SCc3cccc(C(=O)O)c3)c2C#N)cc1. The number of thioether (sulfide) groups is 1. The zero-order valence-corrected chi connectivity index (χ0v) is 15.3. The predicted molar refractivity (Wildman–Crippen MR) is 105 cm³/mol. The molecule has 0 saturated carbocycles. The molecule has 2 aromatic carbocycles. The first kappa shape index (κ1) is 18.5. The minimum atomic E-state index is -0.991. The second kappa shape index (κ2) is 7.94. The molecular weight excluding hydrogens is 360 g/mol. The molecule has 0 radical (unpaired) electrons. The number of carboxylic acids is 1. The Hall–Kier alpha value is -3.30. The van der Waals surface area contributed by atoms with Crippen molar-refractivity contribution in [3.05, 3.63) is 87.2 Å². The minimum Gasteiger partial charge on any atom is -0.478 e. The van der Waals surface area contributed by atoms with Crippen LogP contribution in [-0.2, 0) is 5.75 Å². The van der Waals surface area contributed by atoms with Gasteiger partial charge in [0.1, 0.15) is 6.07 Å². The van der Waals surface area contributed by atoms with Crippen LogP contribution >= 0.6 is 11.8 Å². The van der Waals surface area contributed by atoms with E-state index in [4.69, 9.17) is 5.11 Å². The van der Waals surface area contributed by atoms with Gasteiger partial charge in [0.15, 0.2) is 0 Å². The normalized spacial score (nSPS) is 10.4. The highest BCUT2D eigenvalue weighted by atomic mass is 32.2. The zero-order chi connectivity index (χ0) is 19.4. The summed E-state index contributed by atoms with van der Waals surface area (Å²) in [6.07, 6.45) is 0. The fraction of sp³-hybridized carbons (Fsp3) is 0.0952. The number of rotatable bonds is 5. The number of aromatic carboxylic acids is 1. The van der Waals surface area contributed by atoms with Crippen molar-refractivity contribution in [2.45, 2.75) is 17.7 Å². The average molecular weight is 376 g/mol. The topological polar surface area (TPSA) is 93.9 Å². The Morgan fingerprint density at radius 2 is 1.93 bits per heavy atom. The number of aryl methyl sites for hydroxylation is 1. The van der Waals surface area contributed by atoms with E-state index < -0.39 is 5.97 Å². The molecule has 3 aromatic rings. The lowest BCUT2D eigenvalue weighted by molar-refractivity contribution is 0.0697. The van der Waals surface area contributed by atoms with Crippen molar-refractivity contribution in [1.29, 1.82) is 5.26 Å². The molecule has 0 aliphatic rings. The van der Waals surface area contributed by atoms with Gasteiger partial charge < -0.3 is 10.1 Å². The van der Waals surface area contributed by atoms with Crippen LogP contribution in [0.4, 0.5) is 0 Å². The van der Waals surface area contributed by atoms with Gasteiger partial charge in [-0.3, -0.25) is 4.79 Å². The number of carbonyl (C=O) groups is 1. The monoisotopic (exact) mass is 376 g/mol. The van der Waals surface area contributed by atoms with E-state index in [9.17, 15) is 14.9 Å². The van der Waals surface area contributed by atoms with Crippen molar-refractivity contribution < 1.29 is 9.90 Å². The Balaban J connectivity index is 1.95. The van der Waals surface area contributed by atoms with Gasteiger partial charge in [0, 0.05) is 17.4 Å². The summed E-state index contributed by atoms with van der Waals surface area (Å²) in [4.78, 5) is 25.9. The molecule has 0 atom stereocenters. The number of carboxylic acid groups (broad SMARTS) is 1. The zero-order valence-electron chi connectivity index (χ0n) is 14.5. The van der Waals surface area contributed by atoms with E-state index in [2.05, 4.69) is 11.1 Å². The summed E-state index contributed by atoms with van der Waals surface area (Å²) >= 11 is 1.30. The first-order chi connectivity index (χ1) is 13.0. The molecule has 6 heteroatoms. The van der Waals surface area contributed by atoms with Crippen LogP contribution in [0.2, 0.25) is 0 Å². The molecule has 1 aromatic heterocycles. The highest BCUT2D eigenvalue weighted by molar-refractivity contribution is 7.98. The molecule has 5 nitrogen and oxygen atoms in total. The van der Waals surface area contributed by atoms with Crippen LogP contribution in [-0.4, -0.2) is 16.1 Å². The standard InChI is InChI=1S/C21H16N2O3S/c1-13-5-7-15(8-6-13)17-10-19(24)23-20(18(17)11-22)27-12-14-3-2-4-16(9-14)21(25)26/h2-10H,12H2,1H3,(H,23,24)(H,25,26). The summed E-state index contributed by atoms with van der Waals surface area (Å²) in [5, 5.41) is 19.2. The van der Waals surface area contributed by atoms with Crippen LogP contribution in [0.3, 0.4) is 0 Å². The van der Waals surface area contributed by atoms with Crippen LogP contribution in [0.5, 0.6) is 0 Å². The van der Waals surface area contributed by atoms with Crippen LogP contribution in [0.1, 0.15) is 27.0 Å². The first-order valence-electron chi connectivity index (χ1n) is 8.17. The van der Waals surface area contributed by atoms with Gasteiger partial charge in [-0.05, 0) is 30.2 Å². The number of aromatic amines is 1. The van der Waals surface area contributed by atoms with Crippen molar-refractivity contribution in [3.63, 3.8) is 0 Å². The summed E-state index contributed by atoms with van der Waals surface area (Å²) in [5.41, 5.74) is 3.60. The Morgan fingerprint density at radius 3 is 2.59 bits per heavy atom. The third kappa shape index (κ3) is 4.27. The fourth-order valence-electron chi connectivity index (χ4n) is 2.67. The van der Waals surface area contributed by atoms with E-state index in [1.165, 1.54) is 23.9 Å². The third-order valence-electron chi connectivity index (χ3n) is 4.04. The summed E-state index contributed by atoms with van der Waals surface area (Å²) in [7, 11) is 0. The maximum Gasteiger partial charge on any atom is 0.335 e. The number of nitrogens with one attached hydrogen (secondary N) is 1. The van der Waals surface area contributed by atoms with E-state index in [0.717, 1.165) is 16.7 Å². The Kier molecular flexibility index (Phi) is 5.43. The molecule has 0 spiro atoms. The van der Waals surface area contributed by atoms with E-state index in [-0.39, 0.29) is 11.1 Å². The van der Waals surface area contributed by atoms with Crippen molar-refractivity contribution in [1.82, 2.24) is 4.98 Å². The number of aromatic nitrogens is 1. The first-order valence-corrected chi connectivity index (χ1v) is 9.16. The summed E-state index contributed by atoms with van der Waals surface area (Å²) in [6, 6.07) is 17.8. The van der Waals surface area contributed by atoms with Crippen LogP contribution in [0.25, 0.3) is 11.1 Å². The largest absolute Gasteiger partial charge is 0.478 e. The second-order valence-corrected chi connectivity index (χ2v) is 7.01. The maximum absolute atomic E-state index is 12.1. The lowest BCUT2D eigenvalue weighted by atomic mass is 10.0. The minimum absolute atomic E-state index is 0.204. The molecule has 0 saturated heterocycles. The molecule has 0 fully saturated rings. The highest BCUT2D eigenvalue weighted by Gasteiger charge is 2.13. The van der Waals surface area contributed by atoms with Crippen LogP contribution in [0.15, 0.2) is 64.4 Å². The maximum atomic E-state index is 12.1. The van der Waals surface area contributed by atoms with Crippen LogP contribution < -0.4 is 5.56 Å². The summed E-state index contributed by atoms with van der Waals surface area (Å²) < 4.78 is 0. The molecule has 1 heterocycles. The third-order valence-corrected chi connectivity index (χ3v) is 5.11. The Morgan fingerprint density at radius 1 is 1.19 bits per heavy atom. The van der Waals surface area contributed by atoms with E-state index >= 15 is 0 Å². The molecular formula is C21H16N2O3S.